The van der Waals surface area contributed by atoms with Crippen LogP contribution in [0.3, 0.4) is 0 Å². The van der Waals surface area contributed by atoms with Crippen molar-refractivity contribution >= 4 is 23.3 Å². The Hall–Kier alpha value is -2.49. The molecule has 4 atom stereocenters. The van der Waals surface area contributed by atoms with Crippen molar-refractivity contribution in [1.82, 2.24) is 15.1 Å². The Morgan fingerprint density at radius 1 is 1.14 bits per heavy atom. The van der Waals surface area contributed by atoms with Gasteiger partial charge in [0.15, 0.2) is 5.78 Å². The SMILES string of the molecule is CCCN1CCN(c2ccc(C(=O)N[C@H](C(=O)N3C[C@@H](O)[C@H]4OCC(=O)[C@H]43)C(C)(C)C)cc2)CC1. The average Bonchev–Trinajstić information content (AvgIpc) is 3.37. The molecule has 0 aromatic heterocycles. The van der Waals surface area contributed by atoms with Crippen LogP contribution in [0.4, 0.5) is 5.69 Å². The van der Waals surface area contributed by atoms with Gasteiger partial charge in [-0.2, -0.15) is 0 Å². The first-order valence-corrected chi connectivity index (χ1v) is 12.6. The lowest BCUT2D eigenvalue weighted by molar-refractivity contribution is -0.140. The normalized spacial score (nSPS) is 26.1. The number of ether oxygens (including phenoxy) is 1. The molecule has 1 aromatic carbocycles. The summed E-state index contributed by atoms with van der Waals surface area (Å²) < 4.78 is 5.39. The molecule has 35 heavy (non-hydrogen) atoms. The number of ketones is 1. The van der Waals surface area contributed by atoms with Crippen LogP contribution in [-0.4, -0.2) is 103 Å². The van der Waals surface area contributed by atoms with E-state index in [0.717, 1.165) is 44.8 Å². The van der Waals surface area contributed by atoms with Crippen molar-refractivity contribution < 1.29 is 24.2 Å². The summed E-state index contributed by atoms with van der Waals surface area (Å²) in [5.74, 6) is -0.939. The molecular weight excluding hydrogens is 448 g/mol. The molecule has 0 unspecified atom stereocenters. The predicted molar refractivity (Wildman–Crippen MR) is 132 cm³/mol. The number of amides is 2. The van der Waals surface area contributed by atoms with Crippen molar-refractivity contribution in [2.75, 3.05) is 50.8 Å². The fourth-order valence-electron chi connectivity index (χ4n) is 5.26. The third-order valence-electron chi connectivity index (χ3n) is 7.24. The summed E-state index contributed by atoms with van der Waals surface area (Å²) >= 11 is 0. The fraction of sp³-hybridized carbons (Fsp3) is 0.654. The second kappa shape index (κ2) is 10.2. The van der Waals surface area contributed by atoms with Gasteiger partial charge in [0, 0.05) is 37.4 Å². The Morgan fingerprint density at radius 3 is 2.40 bits per heavy atom. The van der Waals surface area contributed by atoms with Crippen LogP contribution >= 0.6 is 0 Å². The molecular formula is C26H38N4O5. The first-order chi connectivity index (χ1) is 16.6. The summed E-state index contributed by atoms with van der Waals surface area (Å²) in [5, 5.41) is 13.2. The van der Waals surface area contributed by atoms with Gasteiger partial charge in [0.25, 0.3) is 5.91 Å². The van der Waals surface area contributed by atoms with E-state index in [4.69, 9.17) is 4.74 Å². The van der Waals surface area contributed by atoms with Gasteiger partial charge in [-0.3, -0.25) is 19.3 Å². The summed E-state index contributed by atoms with van der Waals surface area (Å²) in [6.45, 7) is 12.8. The highest BCUT2D eigenvalue weighted by atomic mass is 16.5. The Morgan fingerprint density at radius 2 is 1.80 bits per heavy atom. The molecule has 2 N–H and O–H groups in total. The van der Waals surface area contributed by atoms with Crippen LogP contribution in [0, 0.1) is 5.41 Å². The van der Waals surface area contributed by atoms with E-state index in [9.17, 15) is 19.5 Å². The molecule has 1 aromatic rings. The molecule has 3 aliphatic rings. The van der Waals surface area contributed by atoms with Crippen LogP contribution in [0.25, 0.3) is 0 Å². The van der Waals surface area contributed by atoms with E-state index in [-0.39, 0.29) is 30.7 Å². The third-order valence-corrected chi connectivity index (χ3v) is 7.24. The number of hydrogen-bond donors (Lipinski definition) is 2. The number of benzene rings is 1. The lowest BCUT2D eigenvalue weighted by atomic mass is 9.85. The number of piperazine rings is 1. The molecule has 9 nitrogen and oxygen atoms in total. The number of nitrogens with one attached hydrogen (secondary N) is 1. The minimum absolute atomic E-state index is 0.0164. The number of Topliss-reactive ketones (excluding diaryl/α,β-unsaturated/α-hetero) is 1. The molecule has 0 bridgehead atoms. The zero-order valence-electron chi connectivity index (χ0n) is 21.2. The van der Waals surface area contributed by atoms with Crippen molar-refractivity contribution in [3.8, 4) is 0 Å². The number of β-amino-alcohol motifs (C(OH)–C–C–N with tert-alkyl or cyclic N) is 1. The number of aliphatic hydroxyl groups excluding tert-OH is 1. The van der Waals surface area contributed by atoms with Gasteiger partial charge < -0.3 is 25.0 Å². The molecule has 9 heteroatoms. The quantitative estimate of drug-likeness (QED) is 0.616. The van der Waals surface area contributed by atoms with Gasteiger partial charge in [-0.05, 0) is 42.6 Å². The van der Waals surface area contributed by atoms with Crippen molar-refractivity contribution in [3.05, 3.63) is 29.8 Å². The van der Waals surface area contributed by atoms with Gasteiger partial charge in [-0.1, -0.05) is 27.7 Å². The van der Waals surface area contributed by atoms with Gasteiger partial charge in [-0.15, -0.1) is 0 Å². The molecule has 2 amide bonds. The molecule has 3 saturated heterocycles. The van der Waals surface area contributed by atoms with Crippen LogP contribution in [0.5, 0.6) is 0 Å². The van der Waals surface area contributed by atoms with Crippen molar-refractivity contribution in [2.45, 2.75) is 58.4 Å². The summed E-state index contributed by atoms with van der Waals surface area (Å²) in [6, 6.07) is 5.83. The molecule has 0 saturated carbocycles. The van der Waals surface area contributed by atoms with Crippen LogP contribution in [-0.2, 0) is 14.3 Å². The largest absolute Gasteiger partial charge is 0.388 e. The number of nitrogens with zero attached hydrogens (tertiary/aromatic N) is 3. The summed E-state index contributed by atoms with van der Waals surface area (Å²) in [7, 11) is 0. The zero-order chi connectivity index (χ0) is 25.3. The molecule has 0 spiro atoms. The maximum Gasteiger partial charge on any atom is 0.251 e. The molecule has 0 radical (unpaired) electrons. The highest BCUT2D eigenvalue weighted by Gasteiger charge is 2.53. The van der Waals surface area contributed by atoms with Crippen molar-refractivity contribution in [3.63, 3.8) is 0 Å². The maximum absolute atomic E-state index is 13.5. The Balaban J connectivity index is 1.43. The summed E-state index contributed by atoms with van der Waals surface area (Å²) in [5.41, 5.74) is 0.953. The lowest BCUT2D eigenvalue weighted by Crippen LogP contribution is -2.57. The van der Waals surface area contributed by atoms with Crippen LogP contribution in [0.15, 0.2) is 24.3 Å². The van der Waals surface area contributed by atoms with Gasteiger partial charge in [0.05, 0.1) is 6.54 Å². The molecule has 0 aliphatic carbocycles. The van der Waals surface area contributed by atoms with Crippen molar-refractivity contribution in [1.29, 1.82) is 0 Å². The van der Waals surface area contributed by atoms with E-state index in [1.165, 1.54) is 4.90 Å². The molecule has 192 valence electrons. The van der Waals surface area contributed by atoms with E-state index in [1.54, 1.807) is 12.1 Å². The number of anilines is 1. The molecule has 3 heterocycles. The number of fused-ring (bicyclic) bond motifs is 1. The van der Waals surface area contributed by atoms with Gasteiger partial charge in [0.1, 0.15) is 30.9 Å². The number of rotatable bonds is 6. The van der Waals surface area contributed by atoms with Crippen LogP contribution < -0.4 is 10.2 Å². The van der Waals surface area contributed by atoms with Gasteiger partial charge in [0.2, 0.25) is 5.91 Å². The monoisotopic (exact) mass is 486 g/mol. The first kappa shape index (κ1) is 25.6. The Bertz CT molecular complexity index is 936. The topological polar surface area (TPSA) is 102 Å². The number of hydrogen-bond acceptors (Lipinski definition) is 7. The Labute approximate surface area is 207 Å². The number of likely N-dealkylation sites (tertiary alicyclic amines) is 1. The van der Waals surface area contributed by atoms with E-state index in [2.05, 4.69) is 22.0 Å². The van der Waals surface area contributed by atoms with Gasteiger partial charge >= 0.3 is 0 Å². The first-order valence-electron chi connectivity index (χ1n) is 12.6. The number of carbonyl (C=O) groups excluding carboxylic acids is 3. The van der Waals surface area contributed by atoms with E-state index in [0.29, 0.717) is 5.56 Å². The third kappa shape index (κ3) is 5.37. The Kier molecular flexibility index (Phi) is 7.49. The van der Waals surface area contributed by atoms with E-state index >= 15 is 0 Å². The summed E-state index contributed by atoms with van der Waals surface area (Å²) in [6.07, 6.45) is -0.451. The standard InChI is InChI=1S/C26H38N4O5/c1-5-10-28-11-13-29(14-12-28)18-8-6-17(7-9-18)24(33)27-23(26(2,3)4)25(34)30-15-19(31)22-21(30)20(32)16-35-22/h6-9,19,21-23,31H,5,10-16H2,1-4H3,(H,27,33)/t19-,21-,22-,23-/m1/s1. The van der Waals surface area contributed by atoms with E-state index < -0.39 is 29.7 Å². The minimum atomic E-state index is -0.914. The molecule has 3 aliphatic heterocycles. The van der Waals surface area contributed by atoms with Crippen LogP contribution in [0.1, 0.15) is 44.5 Å². The highest BCUT2D eigenvalue weighted by Crippen LogP contribution is 2.31. The highest BCUT2D eigenvalue weighted by molar-refractivity contribution is 5.99. The molecule has 4 rings (SSSR count). The lowest BCUT2D eigenvalue weighted by Gasteiger charge is -2.36. The van der Waals surface area contributed by atoms with Crippen molar-refractivity contribution in [2.24, 2.45) is 5.41 Å². The second-order valence-corrected chi connectivity index (χ2v) is 10.9. The van der Waals surface area contributed by atoms with E-state index in [1.807, 2.05) is 32.9 Å². The number of carbonyl (C=O) groups is 3. The predicted octanol–water partition coefficient (Wildman–Crippen LogP) is 0.903. The molecule has 3 fully saturated rings. The summed E-state index contributed by atoms with van der Waals surface area (Å²) in [4.78, 5) is 45.1. The average molecular weight is 487 g/mol. The smallest absolute Gasteiger partial charge is 0.251 e. The number of aliphatic hydroxyl groups is 1. The fourth-order valence-corrected chi connectivity index (χ4v) is 5.26. The zero-order valence-corrected chi connectivity index (χ0v) is 21.2. The second-order valence-electron chi connectivity index (χ2n) is 10.9. The minimum Gasteiger partial charge on any atom is -0.388 e. The van der Waals surface area contributed by atoms with Gasteiger partial charge in [-0.25, -0.2) is 0 Å². The maximum atomic E-state index is 13.5. The van der Waals surface area contributed by atoms with Crippen LogP contribution in [0.2, 0.25) is 0 Å².